The summed E-state index contributed by atoms with van der Waals surface area (Å²) in [4.78, 5) is 3.25. The van der Waals surface area contributed by atoms with Gasteiger partial charge in [0.15, 0.2) is 0 Å². The molecule has 5 nitrogen and oxygen atoms in total. The topological polar surface area (TPSA) is 74.0 Å². The number of hydrogen-bond donors (Lipinski definition) is 3. The largest absolute Gasteiger partial charge is 0.363 e. The number of aromatic amines is 1. The van der Waals surface area contributed by atoms with E-state index in [1.807, 2.05) is 27.7 Å². The van der Waals surface area contributed by atoms with E-state index in [9.17, 15) is 8.42 Å². The van der Waals surface area contributed by atoms with Gasteiger partial charge in [0.05, 0.1) is 4.90 Å². The summed E-state index contributed by atoms with van der Waals surface area (Å²) in [5.41, 5.74) is 0.795. The van der Waals surface area contributed by atoms with Gasteiger partial charge >= 0.3 is 0 Å². The van der Waals surface area contributed by atoms with Crippen LogP contribution in [0.4, 0.5) is 0 Å². The van der Waals surface area contributed by atoms with Crippen LogP contribution in [0.1, 0.15) is 33.4 Å². The highest BCUT2D eigenvalue weighted by Gasteiger charge is 2.19. The molecule has 0 aromatic carbocycles. The average molecular weight is 273 g/mol. The molecule has 0 saturated carbocycles. The second-order valence-corrected chi connectivity index (χ2v) is 7.29. The summed E-state index contributed by atoms with van der Waals surface area (Å²) in [6.45, 7) is 9.89. The quantitative estimate of drug-likeness (QED) is 0.734. The summed E-state index contributed by atoms with van der Waals surface area (Å²) in [5, 5.41) is 3.14. The minimum absolute atomic E-state index is 0.0734. The van der Waals surface area contributed by atoms with E-state index >= 15 is 0 Å². The molecule has 0 unspecified atom stereocenters. The first-order valence-corrected chi connectivity index (χ1v) is 7.60. The number of sulfonamides is 1. The Morgan fingerprint density at radius 1 is 1.33 bits per heavy atom. The highest BCUT2D eigenvalue weighted by molar-refractivity contribution is 7.89. The van der Waals surface area contributed by atoms with Gasteiger partial charge in [-0.05, 0) is 18.0 Å². The maximum Gasteiger partial charge on any atom is 0.242 e. The first kappa shape index (κ1) is 15.2. The van der Waals surface area contributed by atoms with Crippen molar-refractivity contribution >= 4 is 10.0 Å². The molecule has 0 aliphatic heterocycles. The van der Waals surface area contributed by atoms with Gasteiger partial charge in [0.25, 0.3) is 0 Å². The van der Waals surface area contributed by atoms with E-state index in [4.69, 9.17) is 0 Å². The number of H-pyrrole nitrogens is 1. The van der Waals surface area contributed by atoms with Gasteiger partial charge in [0.2, 0.25) is 10.0 Å². The molecule has 0 aliphatic carbocycles. The molecule has 1 heterocycles. The first-order chi connectivity index (χ1) is 8.24. The Kier molecular flexibility index (Phi) is 4.95. The maximum absolute atomic E-state index is 12.0. The third-order valence-corrected chi connectivity index (χ3v) is 3.77. The molecule has 0 amide bonds. The van der Waals surface area contributed by atoms with Crippen LogP contribution in [0.25, 0.3) is 0 Å². The molecule has 18 heavy (non-hydrogen) atoms. The Hall–Kier alpha value is -0.850. The van der Waals surface area contributed by atoms with Crippen molar-refractivity contribution in [1.29, 1.82) is 0 Å². The Labute approximate surface area is 109 Å². The van der Waals surface area contributed by atoms with Crippen LogP contribution in [0.2, 0.25) is 0 Å². The lowest BCUT2D eigenvalue weighted by Gasteiger charge is -2.18. The zero-order valence-corrected chi connectivity index (χ0v) is 12.3. The lowest BCUT2D eigenvalue weighted by Crippen LogP contribution is -2.32. The predicted molar refractivity (Wildman–Crippen MR) is 72.8 cm³/mol. The fourth-order valence-electron chi connectivity index (χ4n) is 1.33. The van der Waals surface area contributed by atoms with Gasteiger partial charge in [-0.1, -0.05) is 27.7 Å². The zero-order chi connectivity index (χ0) is 13.8. The summed E-state index contributed by atoms with van der Waals surface area (Å²) in [7, 11) is -3.41. The lowest BCUT2D eigenvalue weighted by molar-refractivity contribution is 0.407. The molecule has 1 aromatic heterocycles. The smallest absolute Gasteiger partial charge is 0.242 e. The highest BCUT2D eigenvalue weighted by Crippen LogP contribution is 2.15. The van der Waals surface area contributed by atoms with Gasteiger partial charge in [-0.3, -0.25) is 0 Å². The van der Waals surface area contributed by atoms with Gasteiger partial charge < -0.3 is 10.3 Å². The van der Waals surface area contributed by atoms with E-state index in [1.165, 1.54) is 6.20 Å². The molecule has 0 aliphatic rings. The number of rotatable bonds is 6. The summed E-state index contributed by atoms with van der Waals surface area (Å²) in [5.74, 6) is 0. The average Bonchev–Trinajstić information content (AvgIpc) is 2.72. The minimum Gasteiger partial charge on any atom is -0.363 e. The molecule has 3 N–H and O–H groups in total. The molecule has 1 aromatic rings. The molecule has 6 heteroatoms. The van der Waals surface area contributed by atoms with Gasteiger partial charge in [-0.2, -0.15) is 0 Å². The molecule has 104 valence electrons. The van der Waals surface area contributed by atoms with Crippen molar-refractivity contribution in [3.8, 4) is 0 Å². The molecule has 0 bridgehead atoms. The number of aromatic nitrogens is 1. The third-order valence-electron chi connectivity index (χ3n) is 2.38. The maximum atomic E-state index is 12.0. The Balaban J connectivity index is 2.70. The van der Waals surface area contributed by atoms with Crippen molar-refractivity contribution in [3.63, 3.8) is 0 Å². The van der Waals surface area contributed by atoms with Crippen molar-refractivity contribution in [2.45, 2.75) is 39.1 Å². The highest BCUT2D eigenvalue weighted by atomic mass is 32.2. The molecule has 1 rings (SSSR count). The second-order valence-electron chi connectivity index (χ2n) is 5.53. The van der Waals surface area contributed by atoms with Crippen molar-refractivity contribution in [3.05, 3.63) is 18.0 Å². The fourth-order valence-corrected chi connectivity index (χ4v) is 2.63. The molecule has 0 fully saturated rings. The normalized spacial score (nSPS) is 12.9. The van der Waals surface area contributed by atoms with Crippen molar-refractivity contribution in [1.82, 2.24) is 15.0 Å². The summed E-state index contributed by atoms with van der Waals surface area (Å²) >= 11 is 0. The van der Waals surface area contributed by atoms with Crippen molar-refractivity contribution in [2.24, 2.45) is 5.41 Å². The van der Waals surface area contributed by atoms with E-state index in [0.29, 0.717) is 18.0 Å². The van der Waals surface area contributed by atoms with E-state index in [0.717, 1.165) is 12.2 Å². The standard InChI is InChI=1S/C12H23N3O2S/c1-5-13-7-10-6-11(8-14-10)18(16,17)15-9-12(2,3)4/h6,8,13-15H,5,7,9H2,1-4H3. The fraction of sp³-hybridized carbons (Fsp3) is 0.667. The van der Waals surface area contributed by atoms with Crippen LogP contribution in [0.15, 0.2) is 17.2 Å². The van der Waals surface area contributed by atoms with E-state index in [2.05, 4.69) is 15.0 Å². The summed E-state index contributed by atoms with van der Waals surface area (Å²) < 4.78 is 26.6. The predicted octanol–water partition coefficient (Wildman–Crippen LogP) is 1.45. The van der Waals surface area contributed by atoms with Crippen LogP contribution in [0, 0.1) is 5.41 Å². The monoisotopic (exact) mass is 273 g/mol. The number of hydrogen-bond acceptors (Lipinski definition) is 3. The van der Waals surface area contributed by atoms with Crippen LogP contribution in [0.3, 0.4) is 0 Å². The molecule has 0 radical (unpaired) electrons. The summed E-state index contributed by atoms with van der Waals surface area (Å²) in [6, 6.07) is 1.66. The summed E-state index contributed by atoms with van der Waals surface area (Å²) in [6.07, 6.45) is 1.53. The van der Waals surface area contributed by atoms with E-state index in [1.54, 1.807) is 6.07 Å². The van der Waals surface area contributed by atoms with Crippen molar-refractivity contribution < 1.29 is 8.42 Å². The zero-order valence-electron chi connectivity index (χ0n) is 11.5. The van der Waals surface area contributed by atoms with Gasteiger partial charge in [-0.25, -0.2) is 13.1 Å². The SMILES string of the molecule is CCNCc1cc(S(=O)(=O)NCC(C)(C)C)c[nH]1. The Morgan fingerprint density at radius 3 is 2.56 bits per heavy atom. The number of nitrogens with one attached hydrogen (secondary N) is 3. The molecular formula is C12H23N3O2S. The van der Waals surface area contributed by atoms with E-state index in [-0.39, 0.29) is 5.41 Å². The molecule has 0 atom stereocenters. The van der Waals surface area contributed by atoms with Crippen LogP contribution >= 0.6 is 0 Å². The third kappa shape index (κ3) is 4.80. The Morgan fingerprint density at radius 2 is 2.00 bits per heavy atom. The van der Waals surface area contributed by atoms with Crippen LogP contribution in [-0.2, 0) is 16.6 Å². The second kappa shape index (κ2) is 5.86. The Bertz CT molecular complexity index is 472. The van der Waals surface area contributed by atoms with Crippen LogP contribution in [-0.4, -0.2) is 26.5 Å². The molecule has 0 saturated heterocycles. The lowest BCUT2D eigenvalue weighted by atomic mass is 9.98. The molecular weight excluding hydrogens is 250 g/mol. The molecule has 0 spiro atoms. The minimum atomic E-state index is -3.41. The van der Waals surface area contributed by atoms with Gasteiger partial charge in [-0.15, -0.1) is 0 Å². The van der Waals surface area contributed by atoms with Crippen LogP contribution in [0.5, 0.6) is 0 Å². The van der Waals surface area contributed by atoms with Gasteiger partial charge in [0.1, 0.15) is 0 Å². The first-order valence-electron chi connectivity index (χ1n) is 6.12. The van der Waals surface area contributed by atoms with Gasteiger partial charge in [0, 0.05) is 25.0 Å². The van der Waals surface area contributed by atoms with Crippen LogP contribution < -0.4 is 10.0 Å². The van der Waals surface area contributed by atoms with Crippen molar-refractivity contribution in [2.75, 3.05) is 13.1 Å². The van der Waals surface area contributed by atoms with E-state index < -0.39 is 10.0 Å².